The zero-order valence-corrected chi connectivity index (χ0v) is 7.57. The van der Waals surface area contributed by atoms with Crippen LogP contribution in [0, 0.1) is 11.8 Å². The van der Waals surface area contributed by atoms with Crippen LogP contribution in [-0.4, -0.2) is 17.2 Å². The molecule has 0 aliphatic rings. The van der Waals surface area contributed by atoms with Gasteiger partial charge in [0, 0.05) is 5.56 Å². The number of aldehydes is 1. The maximum absolute atomic E-state index is 11.0. The Morgan fingerprint density at radius 1 is 1.50 bits per heavy atom. The second-order valence-electron chi connectivity index (χ2n) is 2.68. The quantitative estimate of drug-likeness (QED) is 0.408. The fraction of sp³-hybridized carbons (Fsp3) is 0.0909. The van der Waals surface area contributed by atoms with Gasteiger partial charge in [-0.1, -0.05) is 5.92 Å². The molecule has 0 spiro atoms. The van der Waals surface area contributed by atoms with Crippen molar-refractivity contribution < 1.29 is 14.7 Å². The summed E-state index contributed by atoms with van der Waals surface area (Å²) in [5.74, 6) is 4.45. The predicted octanol–water partition coefficient (Wildman–Crippen LogP) is 1.15. The highest BCUT2D eigenvalue weighted by Crippen LogP contribution is 2.18. The summed E-state index contributed by atoms with van der Waals surface area (Å²) in [5, 5.41) is 9.29. The molecular formula is C11H8O3. The monoisotopic (exact) mass is 188 g/mol. The van der Waals surface area contributed by atoms with E-state index in [2.05, 4.69) is 11.8 Å². The molecule has 3 nitrogen and oxygen atoms in total. The van der Waals surface area contributed by atoms with Gasteiger partial charge in [0.05, 0.1) is 5.56 Å². The van der Waals surface area contributed by atoms with Gasteiger partial charge in [-0.3, -0.25) is 9.59 Å². The van der Waals surface area contributed by atoms with Gasteiger partial charge in [-0.15, -0.1) is 0 Å². The molecular weight excluding hydrogens is 180 g/mol. The molecule has 0 aromatic heterocycles. The van der Waals surface area contributed by atoms with Gasteiger partial charge in [0.2, 0.25) is 0 Å². The summed E-state index contributed by atoms with van der Waals surface area (Å²) in [4.78, 5) is 21.0. The lowest BCUT2D eigenvalue weighted by Crippen LogP contribution is -1.93. The number of ketones is 1. The molecule has 1 rings (SSSR count). The fourth-order valence-electron chi connectivity index (χ4n) is 1.01. The Labute approximate surface area is 81.4 Å². The summed E-state index contributed by atoms with van der Waals surface area (Å²) >= 11 is 0. The number of aromatic hydroxyl groups is 1. The topological polar surface area (TPSA) is 54.4 Å². The van der Waals surface area contributed by atoms with E-state index in [0.29, 0.717) is 11.8 Å². The molecule has 1 aromatic rings. The Morgan fingerprint density at radius 2 is 2.21 bits per heavy atom. The number of hydrogen-bond donors (Lipinski definition) is 1. The SMILES string of the molecule is CC(=O)c1cc(C#CC=O)ccc1O. The van der Waals surface area contributed by atoms with E-state index in [1.807, 2.05) is 0 Å². The van der Waals surface area contributed by atoms with Crippen LogP contribution in [0.15, 0.2) is 18.2 Å². The average Bonchev–Trinajstić information content (AvgIpc) is 2.16. The molecule has 0 aliphatic heterocycles. The molecule has 1 N–H and O–H groups in total. The van der Waals surface area contributed by atoms with E-state index in [0.717, 1.165) is 0 Å². The minimum Gasteiger partial charge on any atom is -0.507 e. The maximum atomic E-state index is 11.0. The van der Waals surface area contributed by atoms with E-state index in [-0.39, 0.29) is 17.1 Å². The molecule has 0 aliphatic carbocycles. The van der Waals surface area contributed by atoms with Crippen molar-refractivity contribution in [3.63, 3.8) is 0 Å². The number of rotatable bonds is 1. The van der Waals surface area contributed by atoms with Gasteiger partial charge in [-0.25, -0.2) is 0 Å². The van der Waals surface area contributed by atoms with Crippen molar-refractivity contribution in [3.8, 4) is 17.6 Å². The number of Topliss-reactive ketones (excluding diaryl/α,β-unsaturated/α-hetero) is 1. The lowest BCUT2D eigenvalue weighted by molar-refractivity contribution is -0.103. The molecule has 0 heterocycles. The Hall–Kier alpha value is -2.08. The lowest BCUT2D eigenvalue weighted by atomic mass is 10.1. The molecule has 3 heteroatoms. The normalized spacial score (nSPS) is 8.64. The lowest BCUT2D eigenvalue weighted by Gasteiger charge is -1.99. The second-order valence-corrected chi connectivity index (χ2v) is 2.68. The summed E-state index contributed by atoms with van der Waals surface area (Å²) < 4.78 is 0. The third kappa shape index (κ3) is 2.20. The number of carbonyl (C=O) groups excluding carboxylic acids is 2. The van der Waals surface area contributed by atoms with E-state index in [1.165, 1.54) is 25.1 Å². The van der Waals surface area contributed by atoms with Crippen LogP contribution in [0.5, 0.6) is 5.75 Å². The molecule has 1 aromatic carbocycles. The van der Waals surface area contributed by atoms with Crippen molar-refractivity contribution in [2.45, 2.75) is 6.92 Å². The van der Waals surface area contributed by atoms with Crippen LogP contribution in [0.4, 0.5) is 0 Å². The van der Waals surface area contributed by atoms with Crippen LogP contribution in [-0.2, 0) is 4.79 Å². The molecule has 0 saturated heterocycles. The van der Waals surface area contributed by atoms with Crippen molar-refractivity contribution in [1.29, 1.82) is 0 Å². The number of carbonyl (C=O) groups is 2. The van der Waals surface area contributed by atoms with Gasteiger partial charge in [0.15, 0.2) is 12.1 Å². The highest BCUT2D eigenvalue weighted by molar-refractivity contribution is 5.97. The summed E-state index contributed by atoms with van der Waals surface area (Å²) in [6.07, 6.45) is 0.473. The van der Waals surface area contributed by atoms with Crippen LogP contribution in [0.1, 0.15) is 22.8 Å². The second kappa shape index (κ2) is 4.24. The number of benzene rings is 1. The molecule has 0 radical (unpaired) electrons. The van der Waals surface area contributed by atoms with Crippen molar-refractivity contribution in [2.24, 2.45) is 0 Å². The van der Waals surface area contributed by atoms with Gasteiger partial charge in [-0.2, -0.15) is 0 Å². The van der Waals surface area contributed by atoms with Crippen LogP contribution in [0.3, 0.4) is 0 Å². The van der Waals surface area contributed by atoms with E-state index >= 15 is 0 Å². The number of phenolic OH excluding ortho intramolecular Hbond substituents is 1. The standard InChI is InChI=1S/C11H8O3/c1-8(13)10-7-9(3-2-6-12)4-5-11(10)14/h4-7,14H,1H3. The first-order valence-electron chi connectivity index (χ1n) is 3.94. The third-order valence-electron chi connectivity index (χ3n) is 1.65. The van der Waals surface area contributed by atoms with Crippen molar-refractivity contribution in [1.82, 2.24) is 0 Å². The smallest absolute Gasteiger partial charge is 0.193 e. The van der Waals surface area contributed by atoms with E-state index in [4.69, 9.17) is 0 Å². The summed E-state index contributed by atoms with van der Waals surface area (Å²) in [7, 11) is 0. The van der Waals surface area contributed by atoms with Gasteiger partial charge in [-0.05, 0) is 31.0 Å². The Bertz CT molecular complexity index is 436. The summed E-state index contributed by atoms with van der Waals surface area (Å²) in [6, 6.07) is 4.37. The van der Waals surface area contributed by atoms with Crippen molar-refractivity contribution >= 4 is 12.1 Å². The minimum atomic E-state index is -0.239. The molecule has 14 heavy (non-hydrogen) atoms. The highest BCUT2D eigenvalue weighted by atomic mass is 16.3. The molecule has 0 fully saturated rings. The molecule has 0 bridgehead atoms. The zero-order valence-electron chi connectivity index (χ0n) is 7.57. The molecule has 0 atom stereocenters. The van der Waals surface area contributed by atoms with E-state index in [9.17, 15) is 14.7 Å². The highest BCUT2D eigenvalue weighted by Gasteiger charge is 2.05. The van der Waals surface area contributed by atoms with E-state index in [1.54, 1.807) is 0 Å². The molecule has 0 saturated carbocycles. The zero-order chi connectivity index (χ0) is 10.6. The summed E-state index contributed by atoms with van der Waals surface area (Å²) in [6.45, 7) is 1.35. The van der Waals surface area contributed by atoms with Gasteiger partial charge < -0.3 is 5.11 Å². The first-order chi connectivity index (χ1) is 6.65. The van der Waals surface area contributed by atoms with Gasteiger partial charge in [0.1, 0.15) is 5.75 Å². The van der Waals surface area contributed by atoms with Gasteiger partial charge in [0.25, 0.3) is 0 Å². The largest absolute Gasteiger partial charge is 0.507 e. The van der Waals surface area contributed by atoms with Gasteiger partial charge >= 0.3 is 0 Å². The van der Waals surface area contributed by atoms with Crippen LogP contribution >= 0.6 is 0 Å². The first-order valence-corrected chi connectivity index (χ1v) is 3.94. The van der Waals surface area contributed by atoms with Crippen molar-refractivity contribution in [3.05, 3.63) is 29.3 Å². The maximum Gasteiger partial charge on any atom is 0.193 e. The van der Waals surface area contributed by atoms with Crippen LogP contribution < -0.4 is 0 Å². The molecule has 70 valence electrons. The van der Waals surface area contributed by atoms with E-state index < -0.39 is 0 Å². The number of hydrogen-bond acceptors (Lipinski definition) is 3. The first kappa shape index (κ1) is 10.0. The third-order valence-corrected chi connectivity index (χ3v) is 1.65. The summed E-state index contributed by atoms with van der Waals surface area (Å²) in [5.41, 5.74) is 0.739. The molecule has 0 unspecified atom stereocenters. The Balaban J connectivity index is 3.19. The fourth-order valence-corrected chi connectivity index (χ4v) is 1.01. The predicted molar refractivity (Wildman–Crippen MR) is 51.1 cm³/mol. The number of phenols is 1. The van der Waals surface area contributed by atoms with Crippen LogP contribution in [0.2, 0.25) is 0 Å². The Kier molecular flexibility index (Phi) is 3.03. The minimum absolute atomic E-state index is 0.0749. The van der Waals surface area contributed by atoms with Crippen LogP contribution in [0.25, 0.3) is 0 Å². The van der Waals surface area contributed by atoms with Crippen molar-refractivity contribution in [2.75, 3.05) is 0 Å². The molecule has 0 amide bonds. The Morgan fingerprint density at radius 3 is 2.79 bits per heavy atom. The average molecular weight is 188 g/mol.